The average molecular weight is 254 g/mol. The van der Waals surface area contributed by atoms with E-state index in [2.05, 4.69) is 36.4 Å². The van der Waals surface area contributed by atoms with Crippen LogP contribution >= 0.6 is 0 Å². The molecule has 0 saturated heterocycles. The zero-order chi connectivity index (χ0) is 13.7. The van der Waals surface area contributed by atoms with Gasteiger partial charge in [-0.05, 0) is 29.5 Å². The van der Waals surface area contributed by atoms with E-state index < -0.39 is 5.97 Å². The van der Waals surface area contributed by atoms with Crippen LogP contribution in [-0.4, -0.2) is 11.1 Å². The first-order valence-corrected chi connectivity index (χ1v) is 6.54. The summed E-state index contributed by atoms with van der Waals surface area (Å²) in [4.78, 5) is 10.8. The summed E-state index contributed by atoms with van der Waals surface area (Å²) < 4.78 is 0. The van der Waals surface area contributed by atoms with Crippen LogP contribution in [0.1, 0.15) is 18.9 Å². The van der Waals surface area contributed by atoms with E-state index in [0.29, 0.717) is 6.42 Å². The monoisotopic (exact) mass is 254 g/mol. The number of aryl methyl sites for hydroxylation is 1. The Kier molecular flexibility index (Phi) is 4.35. The molecule has 2 heteroatoms. The maximum atomic E-state index is 10.8. The second-order valence-corrected chi connectivity index (χ2v) is 4.84. The molecule has 19 heavy (non-hydrogen) atoms. The molecule has 1 atom stereocenters. The van der Waals surface area contributed by atoms with Crippen LogP contribution in [0.2, 0.25) is 0 Å². The minimum atomic E-state index is -0.721. The molecule has 98 valence electrons. The Morgan fingerprint density at radius 1 is 1.00 bits per heavy atom. The van der Waals surface area contributed by atoms with Crippen LogP contribution in [0, 0.1) is 5.92 Å². The second kappa shape index (κ2) is 6.19. The number of rotatable bonds is 5. The molecule has 0 radical (unpaired) electrons. The highest BCUT2D eigenvalue weighted by atomic mass is 16.4. The molecule has 2 aromatic rings. The van der Waals surface area contributed by atoms with Gasteiger partial charge in [-0.2, -0.15) is 0 Å². The van der Waals surface area contributed by atoms with E-state index in [9.17, 15) is 4.79 Å². The highest BCUT2D eigenvalue weighted by molar-refractivity contribution is 5.69. The van der Waals surface area contributed by atoms with Crippen LogP contribution in [0.5, 0.6) is 0 Å². The third-order valence-corrected chi connectivity index (χ3v) is 3.35. The molecule has 0 bridgehead atoms. The Hall–Kier alpha value is -2.09. The van der Waals surface area contributed by atoms with Crippen molar-refractivity contribution in [3.63, 3.8) is 0 Å². The van der Waals surface area contributed by atoms with Gasteiger partial charge in [0.2, 0.25) is 0 Å². The molecule has 0 amide bonds. The molecule has 0 aliphatic carbocycles. The quantitative estimate of drug-likeness (QED) is 0.875. The van der Waals surface area contributed by atoms with Gasteiger partial charge in [-0.3, -0.25) is 4.79 Å². The molecule has 0 aliphatic rings. The molecular weight excluding hydrogens is 236 g/mol. The fourth-order valence-electron chi connectivity index (χ4n) is 2.00. The summed E-state index contributed by atoms with van der Waals surface area (Å²) in [5, 5.41) is 8.85. The average Bonchev–Trinajstić information content (AvgIpc) is 2.46. The lowest BCUT2D eigenvalue weighted by atomic mass is 9.99. The summed E-state index contributed by atoms with van der Waals surface area (Å²) in [6.45, 7) is 1.75. The van der Waals surface area contributed by atoms with E-state index in [-0.39, 0.29) is 5.92 Å². The van der Waals surface area contributed by atoms with Gasteiger partial charge >= 0.3 is 5.97 Å². The van der Waals surface area contributed by atoms with Crippen LogP contribution in [0.3, 0.4) is 0 Å². The zero-order valence-electron chi connectivity index (χ0n) is 11.0. The number of hydrogen-bond donors (Lipinski definition) is 1. The van der Waals surface area contributed by atoms with Gasteiger partial charge in [-0.25, -0.2) is 0 Å². The molecule has 0 saturated carbocycles. The highest BCUT2D eigenvalue weighted by Gasteiger charge is 2.10. The Morgan fingerprint density at radius 2 is 1.58 bits per heavy atom. The number of benzene rings is 2. The van der Waals surface area contributed by atoms with Crippen molar-refractivity contribution < 1.29 is 9.90 Å². The van der Waals surface area contributed by atoms with Crippen LogP contribution in [-0.2, 0) is 11.2 Å². The summed E-state index contributed by atoms with van der Waals surface area (Å²) in [5.74, 6) is -1.00. The van der Waals surface area contributed by atoms with Crippen molar-refractivity contribution in [1.82, 2.24) is 0 Å². The van der Waals surface area contributed by atoms with Gasteiger partial charge in [0, 0.05) is 0 Å². The molecule has 2 nitrogen and oxygen atoms in total. The number of hydrogen-bond acceptors (Lipinski definition) is 1. The lowest BCUT2D eigenvalue weighted by Crippen LogP contribution is -2.10. The van der Waals surface area contributed by atoms with Gasteiger partial charge in [-0.15, -0.1) is 0 Å². The summed E-state index contributed by atoms with van der Waals surface area (Å²) in [7, 11) is 0. The molecule has 0 heterocycles. The highest BCUT2D eigenvalue weighted by Crippen LogP contribution is 2.20. The fraction of sp³-hybridized carbons (Fsp3) is 0.235. The summed E-state index contributed by atoms with van der Waals surface area (Å²) in [6, 6.07) is 18.6. The van der Waals surface area contributed by atoms with Gasteiger partial charge in [0.05, 0.1) is 5.92 Å². The lowest BCUT2D eigenvalue weighted by molar-refractivity contribution is -0.141. The summed E-state index contributed by atoms with van der Waals surface area (Å²) >= 11 is 0. The largest absolute Gasteiger partial charge is 0.481 e. The minimum Gasteiger partial charge on any atom is -0.481 e. The van der Waals surface area contributed by atoms with E-state index in [1.807, 2.05) is 18.2 Å². The van der Waals surface area contributed by atoms with Crippen LogP contribution in [0.25, 0.3) is 11.1 Å². The van der Waals surface area contributed by atoms with Crippen molar-refractivity contribution in [2.45, 2.75) is 19.8 Å². The van der Waals surface area contributed by atoms with Gasteiger partial charge in [0.25, 0.3) is 0 Å². The van der Waals surface area contributed by atoms with E-state index in [0.717, 1.165) is 6.42 Å². The summed E-state index contributed by atoms with van der Waals surface area (Å²) in [6.07, 6.45) is 1.49. The van der Waals surface area contributed by atoms with Crippen LogP contribution in [0.15, 0.2) is 54.6 Å². The van der Waals surface area contributed by atoms with Crippen LogP contribution < -0.4 is 0 Å². The topological polar surface area (TPSA) is 37.3 Å². The first kappa shape index (κ1) is 13.3. The number of carboxylic acid groups (broad SMARTS) is 1. The molecule has 0 aliphatic heterocycles. The summed E-state index contributed by atoms with van der Waals surface area (Å²) in [5.41, 5.74) is 3.58. The number of aliphatic carboxylic acids is 1. The van der Waals surface area contributed by atoms with Gasteiger partial charge in [0.15, 0.2) is 0 Å². The van der Waals surface area contributed by atoms with Crippen molar-refractivity contribution >= 4 is 5.97 Å². The zero-order valence-corrected chi connectivity index (χ0v) is 11.0. The first-order chi connectivity index (χ1) is 9.16. The van der Waals surface area contributed by atoms with Crippen LogP contribution in [0.4, 0.5) is 0 Å². The number of carboxylic acids is 1. The smallest absolute Gasteiger partial charge is 0.306 e. The Bertz CT molecular complexity index is 529. The molecule has 2 aromatic carbocycles. The molecule has 1 N–H and O–H groups in total. The van der Waals surface area contributed by atoms with Gasteiger partial charge < -0.3 is 5.11 Å². The molecule has 0 aromatic heterocycles. The van der Waals surface area contributed by atoms with E-state index >= 15 is 0 Å². The van der Waals surface area contributed by atoms with Crippen molar-refractivity contribution in [3.8, 4) is 11.1 Å². The van der Waals surface area contributed by atoms with Gasteiger partial charge in [0.1, 0.15) is 0 Å². The van der Waals surface area contributed by atoms with E-state index in [4.69, 9.17) is 5.11 Å². The molecule has 0 spiro atoms. The standard InChI is InChI=1S/C17H18O2/c1-13(17(18)19)7-8-14-9-11-16(12-10-14)15-5-3-2-4-6-15/h2-6,9-13H,7-8H2,1H3,(H,18,19). The van der Waals surface area contributed by atoms with Crippen molar-refractivity contribution in [3.05, 3.63) is 60.2 Å². The van der Waals surface area contributed by atoms with Gasteiger partial charge in [-0.1, -0.05) is 61.5 Å². The van der Waals surface area contributed by atoms with E-state index in [1.54, 1.807) is 6.92 Å². The predicted molar refractivity (Wildman–Crippen MR) is 77.0 cm³/mol. The third-order valence-electron chi connectivity index (χ3n) is 3.35. The molecule has 2 rings (SSSR count). The molecule has 0 fully saturated rings. The van der Waals surface area contributed by atoms with Crippen molar-refractivity contribution in [2.24, 2.45) is 5.92 Å². The fourth-order valence-corrected chi connectivity index (χ4v) is 2.00. The minimum absolute atomic E-state index is 0.284. The Labute approximate surface area is 113 Å². The van der Waals surface area contributed by atoms with E-state index in [1.165, 1.54) is 16.7 Å². The maximum absolute atomic E-state index is 10.8. The van der Waals surface area contributed by atoms with Crippen molar-refractivity contribution in [2.75, 3.05) is 0 Å². The molecule has 1 unspecified atom stereocenters. The predicted octanol–water partition coefficient (Wildman–Crippen LogP) is 4.01. The third kappa shape index (κ3) is 3.68. The lowest BCUT2D eigenvalue weighted by Gasteiger charge is -2.07. The Balaban J connectivity index is 2.01. The maximum Gasteiger partial charge on any atom is 0.306 e. The number of carbonyl (C=O) groups is 1. The van der Waals surface area contributed by atoms with Crippen molar-refractivity contribution in [1.29, 1.82) is 0 Å². The molecular formula is C17H18O2. The first-order valence-electron chi connectivity index (χ1n) is 6.54. The Morgan fingerprint density at radius 3 is 2.16 bits per heavy atom. The SMILES string of the molecule is CC(CCc1ccc(-c2ccccc2)cc1)C(=O)O. The second-order valence-electron chi connectivity index (χ2n) is 4.84. The normalized spacial score (nSPS) is 12.1.